The third-order valence-electron chi connectivity index (χ3n) is 2.87. The Morgan fingerprint density at radius 3 is 2.93 bits per heavy atom. The highest BCUT2D eigenvalue weighted by Gasteiger charge is 2.24. The summed E-state index contributed by atoms with van der Waals surface area (Å²) in [5.74, 6) is 1.57. The second-order valence-electron chi connectivity index (χ2n) is 4.21. The Balaban J connectivity index is 1.90. The van der Waals surface area contributed by atoms with Crippen molar-refractivity contribution in [3.63, 3.8) is 0 Å². The largest absolute Gasteiger partial charge is 0.295 e. The van der Waals surface area contributed by atoms with Gasteiger partial charge in [0, 0.05) is 11.4 Å². The zero-order valence-electron chi connectivity index (χ0n) is 9.10. The summed E-state index contributed by atoms with van der Waals surface area (Å²) in [6.45, 7) is 5.29. The van der Waals surface area contributed by atoms with Crippen molar-refractivity contribution >= 4 is 15.9 Å². The summed E-state index contributed by atoms with van der Waals surface area (Å²) in [6.07, 6.45) is 1.23. The first kappa shape index (κ1) is 11.0. The number of aromatic nitrogens is 4. The van der Waals surface area contributed by atoms with Gasteiger partial charge in [0.2, 0.25) is 0 Å². The second kappa shape index (κ2) is 4.57. The van der Waals surface area contributed by atoms with Gasteiger partial charge >= 0.3 is 0 Å². The molecule has 6 heteroatoms. The summed E-state index contributed by atoms with van der Waals surface area (Å²) in [5.41, 5.74) is 0. The van der Waals surface area contributed by atoms with Crippen molar-refractivity contribution in [2.75, 3.05) is 13.1 Å². The predicted molar refractivity (Wildman–Crippen MR) is 60.6 cm³/mol. The van der Waals surface area contributed by atoms with Crippen LogP contribution in [0, 0.1) is 5.92 Å². The maximum atomic E-state index is 4.19. The van der Waals surface area contributed by atoms with Gasteiger partial charge in [0.25, 0.3) is 0 Å². The molecular formula is C9H16BrN5. The van der Waals surface area contributed by atoms with Crippen LogP contribution < -0.4 is 0 Å². The highest BCUT2D eigenvalue weighted by Crippen LogP contribution is 2.23. The molecule has 1 aliphatic heterocycles. The summed E-state index contributed by atoms with van der Waals surface area (Å²) in [7, 11) is 1.79. The average molecular weight is 274 g/mol. The third-order valence-corrected chi connectivity index (χ3v) is 4.06. The topological polar surface area (TPSA) is 46.8 Å². The van der Waals surface area contributed by atoms with Crippen LogP contribution in [0.25, 0.3) is 0 Å². The number of hydrogen-bond acceptors (Lipinski definition) is 4. The van der Waals surface area contributed by atoms with E-state index in [0.29, 0.717) is 4.83 Å². The molecule has 2 heterocycles. The third kappa shape index (κ3) is 2.75. The van der Waals surface area contributed by atoms with E-state index in [1.165, 1.54) is 11.2 Å². The fraction of sp³-hybridized carbons (Fsp3) is 0.889. The molecule has 1 saturated heterocycles. The molecule has 1 fully saturated rings. The summed E-state index contributed by atoms with van der Waals surface area (Å²) in [4.78, 5) is 4.46. The minimum absolute atomic E-state index is 0.586. The van der Waals surface area contributed by atoms with Gasteiger partial charge in [-0.05, 0) is 24.1 Å². The van der Waals surface area contributed by atoms with Crippen LogP contribution in [-0.4, -0.2) is 43.0 Å². The first-order valence-electron chi connectivity index (χ1n) is 5.24. The number of halogens is 1. The lowest BCUT2D eigenvalue weighted by Crippen LogP contribution is -2.39. The van der Waals surface area contributed by atoms with E-state index >= 15 is 0 Å². The van der Waals surface area contributed by atoms with Gasteiger partial charge in [0.15, 0.2) is 5.82 Å². The molecule has 1 aromatic heterocycles. The number of hydrogen-bond donors (Lipinski definition) is 0. The molecular weight excluding hydrogens is 258 g/mol. The van der Waals surface area contributed by atoms with Crippen molar-refractivity contribution in [2.24, 2.45) is 13.0 Å². The van der Waals surface area contributed by atoms with Crippen molar-refractivity contribution in [1.29, 1.82) is 0 Å². The van der Waals surface area contributed by atoms with Crippen molar-refractivity contribution in [1.82, 2.24) is 25.1 Å². The van der Waals surface area contributed by atoms with E-state index in [4.69, 9.17) is 0 Å². The Labute approximate surface area is 98.0 Å². The zero-order chi connectivity index (χ0) is 10.8. The number of likely N-dealkylation sites (tertiary alicyclic amines) is 1. The monoisotopic (exact) mass is 273 g/mol. The molecule has 0 N–H and O–H groups in total. The van der Waals surface area contributed by atoms with E-state index in [0.717, 1.165) is 31.4 Å². The van der Waals surface area contributed by atoms with Gasteiger partial charge < -0.3 is 0 Å². The van der Waals surface area contributed by atoms with Gasteiger partial charge in [0.1, 0.15) is 0 Å². The van der Waals surface area contributed by atoms with Gasteiger partial charge in [-0.1, -0.05) is 22.9 Å². The summed E-state index contributed by atoms with van der Waals surface area (Å²) in [6, 6.07) is 0. The zero-order valence-corrected chi connectivity index (χ0v) is 10.7. The molecule has 0 bridgehead atoms. The first-order valence-corrected chi connectivity index (χ1v) is 6.16. The summed E-state index contributed by atoms with van der Waals surface area (Å²) >= 11 is 3.71. The maximum absolute atomic E-state index is 4.19. The molecule has 1 aliphatic rings. The first-order chi connectivity index (χ1) is 7.15. The molecule has 0 saturated carbocycles. The van der Waals surface area contributed by atoms with Gasteiger partial charge in [-0.15, -0.1) is 10.2 Å². The van der Waals surface area contributed by atoms with Crippen LogP contribution in [0.4, 0.5) is 0 Å². The number of nitrogens with zero attached hydrogens (tertiary/aromatic N) is 5. The fourth-order valence-electron chi connectivity index (χ4n) is 1.82. The lowest BCUT2D eigenvalue weighted by atomic mass is 9.99. The van der Waals surface area contributed by atoms with Crippen LogP contribution in [0.1, 0.15) is 19.2 Å². The molecule has 2 atom stereocenters. The molecule has 0 spiro atoms. The lowest BCUT2D eigenvalue weighted by molar-refractivity contribution is 0.190. The maximum Gasteiger partial charge on any atom is 0.188 e. The quantitative estimate of drug-likeness (QED) is 0.749. The number of piperidine rings is 1. The molecule has 0 aliphatic carbocycles. The van der Waals surface area contributed by atoms with Crippen molar-refractivity contribution in [3.8, 4) is 0 Å². The van der Waals surface area contributed by atoms with Crippen LogP contribution in [-0.2, 0) is 13.6 Å². The fourth-order valence-corrected chi connectivity index (χ4v) is 2.49. The highest BCUT2D eigenvalue weighted by atomic mass is 79.9. The Bertz CT molecular complexity index is 326. The number of tetrazole rings is 1. The van der Waals surface area contributed by atoms with Gasteiger partial charge in [-0.25, -0.2) is 0 Å². The molecule has 0 radical (unpaired) electrons. The standard InChI is InChI=1S/C9H16BrN5/c1-7-3-4-15(5-8(7)10)6-9-11-13-14(2)12-9/h7-8H,3-6H2,1-2H3. The Kier molecular flexibility index (Phi) is 3.35. The molecule has 15 heavy (non-hydrogen) atoms. The number of alkyl halides is 1. The minimum Gasteiger partial charge on any atom is -0.295 e. The van der Waals surface area contributed by atoms with Crippen molar-refractivity contribution in [2.45, 2.75) is 24.7 Å². The normalized spacial score (nSPS) is 28.2. The predicted octanol–water partition coefficient (Wildman–Crippen LogP) is 0.815. The average Bonchev–Trinajstić information content (AvgIpc) is 2.58. The molecule has 2 rings (SSSR count). The van der Waals surface area contributed by atoms with Gasteiger partial charge in [-0.3, -0.25) is 4.90 Å². The SMILES string of the molecule is CC1CCN(Cc2nnn(C)n2)CC1Br. The van der Waals surface area contributed by atoms with Crippen LogP contribution in [0.2, 0.25) is 0 Å². The lowest BCUT2D eigenvalue weighted by Gasteiger charge is -2.33. The van der Waals surface area contributed by atoms with Crippen molar-refractivity contribution < 1.29 is 0 Å². The van der Waals surface area contributed by atoms with E-state index in [2.05, 4.69) is 43.2 Å². The van der Waals surface area contributed by atoms with Crippen LogP contribution in [0.5, 0.6) is 0 Å². The van der Waals surface area contributed by atoms with Crippen LogP contribution >= 0.6 is 15.9 Å². The minimum atomic E-state index is 0.586. The molecule has 5 nitrogen and oxygen atoms in total. The van der Waals surface area contributed by atoms with Crippen LogP contribution in [0.15, 0.2) is 0 Å². The molecule has 1 aromatic rings. The van der Waals surface area contributed by atoms with Crippen molar-refractivity contribution in [3.05, 3.63) is 5.82 Å². The van der Waals surface area contributed by atoms with Gasteiger partial charge in [0.05, 0.1) is 13.6 Å². The second-order valence-corrected chi connectivity index (χ2v) is 5.39. The van der Waals surface area contributed by atoms with E-state index in [1.807, 2.05) is 0 Å². The van der Waals surface area contributed by atoms with E-state index in [1.54, 1.807) is 7.05 Å². The molecule has 0 aromatic carbocycles. The Hall–Kier alpha value is -0.490. The van der Waals surface area contributed by atoms with Gasteiger partial charge in [-0.2, -0.15) is 4.80 Å². The highest BCUT2D eigenvalue weighted by molar-refractivity contribution is 9.09. The Morgan fingerprint density at radius 1 is 1.53 bits per heavy atom. The van der Waals surface area contributed by atoms with E-state index in [9.17, 15) is 0 Å². The summed E-state index contributed by atoms with van der Waals surface area (Å²) < 4.78 is 0. The number of aryl methyl sites for hydroxylation is 1. The smallest absolute Gasteiger partial charge is 0.188 e. The summed E-state index contributed by atoms with van der Waals surface area (Å²) in [5, 5.41) is 12.0. The molecule has 2 unspecified atom stereocenters. The number of rotatable bonds is 2. The Morgan fingerprint density at radius 2 is 2.33 bits per heavy atom. The van der Waals surface area contributed by atoms with Crippen LogP contribution in [0.3, 0.4) is 0 Å². The van der Waals surface area contributed by atoms with E-state index in [-0.39, 0.29) is 0 Å². The molecule has 0 amide bonds. The molecule has 84 valence electrons. The van der Waals surface area contributed by atoms with E-state index < -0.39 is 0 Å².